The van der Waals surface area contributed by atoms with E-state index in [0.717, 1.165) is 10.0 Å². The molecular weight excluding hydrogens is 227 g/mol. The van der Waals surface area contributed by atoms with Gasteiger partial charge < -0.3 is 5.11 Å². The van der Waals surface area contributed by atoms with E-state index >= 15 is 0 Å². The maximum atomic E-state index is 9.20. The molecule has 1 rings (SSSR count). The Bertz CT molecular complexity index is 260. The zero-order valence-electron chi connectivity index (χ0n) is 6.01. The zero-order valence-corrected chi connectivity index (χ0v) is 8.35. The molecule has 0 aliphatic carbocycles. The Balaban J connectivity index is 3.09. The number of hydrogen-bond acceptors (Lipinski definition) is 1. The van der Waals surface area contributed by atoms with E-state index in [2.05, 4.69) is 15.9 Å². The Hall–Kier alpha value is -0.0500. The number of benzene rings is 1. The quantitative estimate of drug-likeness (QED) is 0.793. The Morgan fingerprint density at radius 3 is 2.64 bits per heavy atom. The van der Waals surface area contributed by atoms with Crippen LogP contribution in [0.1, 0.15) is 18.6 Å². The molecule has 1 nitrogen and oxygen atoms in total. The lowest BCUT2D eigenvalue weighted by Gasteiger charge is -2.06. The molecule has 0 aliphatic rings. The molecule has 1 N–H and O–H groups in total. The van der Waals surface area contributed by atoms with Gasteiger partial charge in [-0.3, -0.25) is 0 Å². The Morgan fingerprint density at radius 2 is 2.18 bits per heavy atom. The van der Waals surface area contributed by atoms with Crippen LogP contribution in [0.15, 0.2) is 22.7 Å². The van der Waals surface area contributed by atoms with E-state index in [0.29, 0.717) is 5.02 Å². The third kappa shape index (κ3) is 2.19. The second-order valence-electron chi connectivity index (χ2n) is 2.34. The molecule has 0 bridgehead atoms. The van der Waals surface area contributed by atoms with Crippen molar-refractivity contribution in [2.45, 2.75) is 13.0 Å². The van der Waals surface area contributed by atoms with Crippen LogP contribution in [0.25, 0.3) is 0 Å². The smallest absolute Gasteiger partial charge is 0.0776 e. The Kier molecular flexibility index (Phi) is 2.93. The SMILES string of the molecule is C[C@@H](O)c1ccc(Br)cc1Cl. The topological polar surface area (TPSA) is 20.2 Å². The predicted octanol–water partition coefficient (Wildman–Crippen LogP) is 3.16. The van der Waals surface area contributed by atoms with Crippen molar-refractivity contribution in [3.63, 3.8) is 0 Å². The van der Waals surface area contributed by atoms with E-state index in [1.807, 2.05) is 6.07 Å². The summed E-state index contributed by atoms with van der Waals surface area (Å²) in [5.41, 5.74) is 0.759. The third-order valence-corrected chi connectivity index (χ3v) is 2.23. The first-order valence-corrected chi connectivity index (χ1v) is 4.41. The van der Waals surface area contributed by atoms with E-state index in [4.69, 9.17) is 11.6 Å². The molecule has 0 fully saturated rings. The van der Waals surface area contributed by atoms with Crippen molar-refractivity contribution in [2.75, 3.05) is 0 Å². The predicted molar refractivity (Wildman–Crippen MR) is 49.8 cm³/mol. The van der Waals surface area contributed by atoms with Gasteiger partial charge in [-0.15, -0.1) is 0 Å². The van der Waals surface area contributed by atoms with Gasteiger partial charge in [-0.05, 0) is 24.6 Å². The summed E-state index contributed by atoms with van der Waals surface area (Å²) in [5.74, 6) is 0. The van der Waals surface area contributed by atoms with Gasteiger partial charge in [0.2, 0.25) is 0 Å². The van der Waals surface area contributed by atoms with Crippen molar-refractivity contribution in [2.24, 2.45) is 0 Å². The highest BCUT2D eigenvalue weighted by atomic mass is 79.9. The molecule has 1 aromatic carbocycles. The van der Waals surface area contributed by atoms with Crippen LogP contribution >= 0.6 is 27.5 Å². The molecule has 60 valence electrons. The second kappa shape index (κ2) is 3.57. The Morgan fingerprint density at radius 1 is 1.55 bits per heavy atom. The summed E-state index contributed by atoms with van der Waals surface area (Å²) in [6.07, 6.45) is -0.504. The highest BCUT2D eigenvalue weighted by Crippen LogP contribution is 2.25. The van der Waals surface area contributed by atoms with Gasteiger partial charge in [0, 0.05) is 9.50 Å². The van der Waals surface area contributed by atoms with Gasteiger partial charge in [0.1, 0.15) is 0 Å². The lowest BCUT2D eigenvalue weighted by molar-refractivity contribution is 0.199. The largest absolute Gasteiger partial charge is 0.389 e. The van der Waals surface area contributed by atoms with Gasteiger partial charge in [0.05, 0.1) is 6.10 Å². The highest BCUT2D eigenvalue weighted by molar-refractivity contribution is 9.10. The van der Waals surface area contributed by atoms with E-state index in [9.17, 15) is 5.11 Å². The summed E-state index contributed by atoms with van der Waals surface area (Å²) in [4.78, 5) is 0. The van der Waals surface area contributed by atoms with Crippen molar-refractivity contribution >= 4 is 27.5 Å². The fourth-order valence-corrected chi connectivity index (χ4v) is 1.67. The first-order valence-electron chi connectivity index (χ1n) is 3.24. The Labute approximate surface area is 79.1 Å². The number of rotatable bonds is 1. The van der Waals surface area contributed by atoms with E-state index < -0.39 is 6.10 Å². The maximum Gasteiger partial charge on any atom is 0.0776 e. The minimum absolute atomic E-state index is 0.504. The molecule has 0 aliphatic heterocycles. The molecule has 0 radical (unpaired) electrons. The fraction of sp³-hybridized carbons (Fsp3) is 0.250. The summed E-state index contributed by atoms with van der Waals surface area (Å²) >= 11 is 9.11. The molecule has 0 amide bonds. The van der Waals surface area contributed by atoms with E-state index in [1.165, 1.54) is 0 Å². The molecule has 0 saturated carbocycles. The van der Waals surface area contributed by atoms with Crippen molar-refractivity contribution in [1.29, 1.82) is 0 Å². The highest BCUT2D eigenvalue weighted by Gasteiger charge is 2.05. The van der Waals surface area contributed by atoms with Crippen molar-refractivity contribution < 1.29 is 5.11 Å². The minimum atomic E-state index is -0.504. The summed E-state index contributed by atoms with van der Waals surface area (Å²) in [7, 11) is 0. The van der Waals surface area contributed by atoms with Crippen LogP contribution in [-0.4, -0.2) is 5.11 Å². The average molecular weight is 236 g/mol. The fourth-order valence-electron chi connectivity index (χ4n) is 0.840. The molecule has 0 unspecified atom stereocenters. The van der Waals surface area contributed by atoms with Crippen molar-refractivity contribution in [3.05, 3.63) is 33.3 Å². The van der Waals surface area contributed by atoms with Crippen LogP contribution in [0, 0.1) is 0 Å². The van der Waals surface area contributed by atoms with Gasteiger partial charge in [-0.2, -0.15) is 0 Å². The molecule has 0 aromatic heterocycles. The summed E-state index contributed by atoms with van der Waals surface area (Å²) < 4.78 is 0.923. The van der Waals surface area contributed by atoms with E-state index in [1.54, 1.807) is 19.1 Å². The maximum absolute atomic E-state index is 9.20. The van der Waals surface area contributed by atoms with Crippen molar-refractivity contribution in [1.82, 2.24) is 0 Å². The molecule has 0 saturated heterocycles. The monoisotopic (exact) mass is 234 g/mol. The number of hydrogen-bond donors (Lipinski definition) is 1. The van der Waals surface area contributed by atoms with Crippen LogP contribution in [-0.2, 0) is 0 Å². The van der Waals surface area contributed by atoms with Gasteiger partial charge in [0.25, 0.3) is 0 Å². The zero-order chi connectivity index (χ0) is 8.43. The van der Waals surface area contributed by atoms with Crippen LogP contribution in [0.5, 0.6) is 0 Å². The molecule has 3 heteroatoms. The third-order valence-electron chi connectivity index (χ3n) is 1.41. The lowest BCUT2D eigenvalue weighted by atomic mass is 10.1. The first-order chi connectivity index (χ1) is 5.11. The van der Waals surface area contributed by atoms with Gasteiger partial charge in [-0.1, -0.05) is 33.6 Å². The normalized spacial score (nSPS) is 13.1. The van der Waals surface area contributed by atoms with Crippen LogP contribution < -0.4 is 0 Å². The summed E-state index contributed by atoms with van der Waals surface area (Å²) in [6, 6.07) is 5.43. The number of aliphatic hydroxyl groups excluding tert-OH is 1. The second-order valence-corrected chi connectivity index (χ2v) is 3.66. The molecule has 0 heterocycles. The van der Waals surface area contributed by atoms with Crippen LogP contribution in [0.4, 0.5) is 0 Å². The molecular formula is C8H8BrClO. The molecule has 11 heavy (non-hydrogen) atoms. The number of aliphatic hydroxyl groups is 1. The first kappa shape index (κ1) is 9.04. The van der Waals surface area contributed by atoms with Crippen molar-refractivity contribution in [3.8, 4) is 0 Å². The van der Waals surface area contributed by atoms with E-state index in [-0.39, 0.29) is 0 Å². The van der Waals surface area contributed by atoms with Gasteiger partial charge in [-0.25, -0.2) is 0 Å². The average Bonchev–Trinajstić information content (AvgIpc) is 1.85. The van der Waals surface area contributed by atoms with Crippen LogP contribution in [0.3, 0.4) is 0 Å². The van der Waals surface area contributed by atoms with Gasteiger partial charge >= 0.3 is 0 Å². The van der Waals surface area contributed by atoms with Gasteiger partial charge in [0.15, 0.2) is 0 Å². The molecule has 1 aromatic rings. The molecule has 0 spiro atoms. The lowest BCUT2D eigenvalue weighted by Crippen LogP contribution is -1.91. The summed E-state index contributed by atoms with van der Waals surface area (Å²) in [5, 5.41) is 9.79. The molecule has 1 atom stereocenters. The number of halogens is 2. The summed E-state index contributed by atoms with van der Waals surface area (Å²) in [6.45, 7) is 1.69. The standard InChI is InChI=1S/C8H8BrClO/c1-5(11)7-3-2-6(9)4-8(7)10/h2-5,11H,1H3/t5-/m1/s1. The van der Waals surface area contributed by atoms with Crippen LogP contribution in [0.2, 0.25) is 5.02 Å². The minimum Gasteiger partial charge on any atom is -0.389 e.